The molecule has 0 fully saturated rings. The summed E-state index contributed by atoms with van der Waals surface area (Å²) in [5.74, 6) is 0.834. The minimum atomic E-state index is 0.136. The normalized spacial score (nSPS) is 10.5. The highest BCUT2D eigenvalue weighted by Gasteiger charge is 2.08. The lowest BCUT2D eigenvalue weighted by Crippen LogP contribution is -2.06. The van der Waals surface area contributed by atoms with Crippen molar-refractivity contribution in [3.05, 3.63) is 42.6 Å². The van der Waals surface area contributed by atoms with Gasteiger partial charge in [-0.05, 0) is 38.1 Å². The van der Waals surface area contributed by atoms with Gasteiger partial charge in [0.05, 0.1) is 11.8 Å². The van der Waals surface area contributed by atoms with Gasteiger partial charge in [0.15, 0.2) is 0 Å². The number of benzene rings is 1. The van der Waals surface area contributed by atoms with Crippen LogP contribution in [0.25, 0.3) is 11.3 Å². The van der Waals surface area contributed by atoms with Crippen molar-refractivity contribution in [3.8, 4) is 17.0 Å². The van der Waals surface area contributed by atoms with E-state index in [1.165, 1.54) is 0 Å². The first-order valence-corrected chi connectivity index (χ1v) is 5.64. The molecule has 0 spiro atoms. The van der Waals surface area contributed by atoms with Gasteiger partial charge in [-0.2, -0.15) is 0 Å². The molecule has 2 rings (SSSR count). The average molecular weight is 228 g/mol. The highest BCUT2D eigenvalue weighted by Crippen LogP contribution is 2.29. The Kier molecular flexibility index (Phi) is 3.28. The molecule has 0 aliphatic rings. The zero-order chi connectivity index (χ0) is 12.3. The third-order valence-corrected chi connectivity index (χ3v) is 2.31. The summed E-state index contributed by atoms with van der Waals surface area (Å²) < 4.78 is 5.76. The maximum Gasteiger partial charge on any atom is 0.129 e. The highest BCUT2D eigenvalue weighted by atomic mass is 16.5. The van der Waals surface area contributed by atoms with Crippen molar-refractivity contribution in [1.82, 2.24) is 4.98 Å². The molecule has 0 amide bonds. The van der Waals surface area contributed by atoms with E-state index in [4.69, 9.17) is 10.5 Å². The van der Waals surface area contributed by atoms with Crippen molar-refractivity contribution in [2.24, 2.45) is 0 Å². The lowest BCUT2D eigenvalue weighted by Gasteiger charge is -2.13. The van der Waals surface area contributed by atoms with Crippen molar-refractivity contribution in [1.29, 1.82) is 0 Å². The third-order valence-electron chi connectivity index (χ3n) is 2.31. The van der Waals surface area contributed by atoms with Gasteiger partial charge in [0, 0.05) is 17.4 Å². The summed E-state index contributed by atoms with van der Waals surface area (Å²) in [4.78, 5) is 4.32. The van der Waals surface area contributed by atoms with Gasteiger partial charge in [0.2, 0.25) is 0 Å². The van der Waals surface area contributed by atoms with Crippen molar-refractivity contribution in [2.45, 2.75) is 20.0 Å². The fraction of sp³-hybridized carbons (Fsp3) is 0.214. The fourth-order valence-electron chi connectivity index (χ4n) is 1.63. The smallest absolute Gasteiger partial charge is 0.129 e. The number of pyridine rings is 1. The van der Waals surface area contributed by atoms with E-state index < -0.39 is 0 Å². The third kappa shape index (κ3) is 2.75. The molecule has 1 heterocycles. The molecule has 1 aromatic carbocycles. The molecule has 1 aromatic heterocycles. The van der Waals surface area contributed by atoms with Gasteiger partial charge in [-0.1, -0.05) is 12.1 Å². The van der Waals surface area contributed by atoms with Crippen LogP contribution < -0.4 is 10.5 Å². The fourth-order valence-corrected chi connectivity index (χ4v) is 1.63. The van der Waals surface area contributed by atoms with Crippen LogP contribution in [0.3, 0.4) is 0 Å². The van der Waals surface area contributed by atoms with E-state index in [1.54, 1.807) is 12.3 Å². The van der Waals surface area contributed by atoms with Crippen LogP contribution >= 0.6 is 0 Å². The maximum absolute atomic E-state index is 5.77. The van der Waals surface area contributed by atoms with Gasteiger partial charge < -0.3 is 10.5 Å². The van der Waals surface area contributed by atoms with Crippen LogP contribution in [-0.2, 0) is 0 Å². The molecule has 88 valence electrons. The standard InChI is InChI=1S/C14H16N2O/c1-10(2)17-14-6-4-3-5-12(14)13-9-11(15)7-8-16-13/h3-10H,1-2H3,(H2,15,16). The van der Waals surface area contributed by atoms with Crippen LogP contribution in [0.4, 0.5) is 5.69 Å². The van der Waals surface area contributed by atoms with Gasteiger partial charge in [-0.3, -0.25) is 4.98 Å². The Hall–Kier alpha value is -2.03. The van der Waals surface area contributed by atoms with Gasteiger partial charge in [0.25, 0.3) is 0 Å². The number of anilines is 1. The van der Waals surface area contributed by atoms with Crippen LogP contribution in [0.5, 0.6) is 5.75 Å². The van der Waals surface area contributed by atoms with Gasteiger partial charge in [-0.25, -0.2) is 0 Å². The summed E-state index contributed by atoms with van der Waals surface area (Å²) in [7, 11) is 0. The van der Waals surface area contributed by atoms with E-state index in [0.717, 1.165) is 17.0 Å². The van der Waals surface area contributed by atoms with Crippen LogP contribution in [0.1, 0.15) is 13.8 Å². The Morgan fingerprint density at radius 3 is 2.65 bits per heavy atom. The second-order valence-electron chi connectivity index (χ2n) is 4.14. The van der Waals surface area contributed by atoms with Crippen molar-refractivity contribution >= 4 is 5.69 Å². The summed E-state index contributed by atoms with van der Waals surface area (Å²) in [5, 5.41) is 0. The minimum absolute atomic E-state index is 0.136. The molecule has 0 saturated heterocycles. The number of para-hydroxylation sites is 1. The lowest BCUT2D eigenvalue weighted by molar-refractivity contribution is 0.243. The Labute approximate surface area is 101 Å². The summed E-state index contributed by atoms with van der Waals surface area (Å²) in [6, 6.07) is 11.5. The van der Waals surface area contributed by atoms with Crippen molar-refractivity contribution in [3.63, 3.8) is 0 Å². The number of nitrogen functional groups attached to an aromatic ring is 1. The molecule has 0 aliphatic heterocycles. The number of rotatable bonds is 3. The second kappa shape index (κ2) is 4.87. The van der Waals surface area contributed by atoms with E-state index in [0.29, 0.717) is 5.69 Å². The Bertz CT molecular complexity index is 509. The molecule has 2 N–H and O–H groups in total. The largest absolute Gasteiger partial charge is 0.490 e. The Morgan fingerprint density at radius 2 is 1.94 bits per heavy atom. The Balaban J connectivity index is 2.44. The SMILES string of the molecule is CC(C)Oc1ccccc1-c1cc(N)ccn1. The van der Waals surface area contributed by atoms with Gasteiger partial charge in [0.1, 0.15) is 5.75 Å². The van der Waals surface area contributed by atoms with E-state index in [-0.39, 0.29) is 6.10 Å². The molecule has 0 unspecified atom stereocenters. The lowest BCUT2D eigenvalue weighted by atomic mass is 10.1. The zero-order valence-electron chi connectivity index (χ0n) is 10.1. The monoisotopic (exact) mass is 228 g/mol. The van der Waals surface area contributed by atoms with Gasteiger partial charge >= 0.3 is 0 Å². The first-order chi connectivity index (χ1) is 8.16. The number of hydrogen-bond acceptors (Lipinski definition) is 3. The van der Waals surface area contributed by atoms with E-state index >= 15 is 0 Å². The van der Waals surface area contributed by atoms with Gasteiger partial charge in [-0.15, -0.1) is 0 Å². The molecule has 3 heteroatoms. The molecular formula is C14H16N2O. The molecule has 0 bridgehead atoms. The molecule has 2 aromatic rings. The summed E-state index contributed by atoms with van der Waals surface area (Å²) in [5.41, 5.74) is 8.27. The molecule has 3 nitrogen and oxygen atoms in total. The van der Waals surface area contributed by atoms with E-state index in [2.05, 4.69) is 4.98 Å². The quantitative estimate of drug-likeness (QED) is 0.878. The van der Waals surface area contributed by atoms with Crippen LogP contribution in [-0.4, -0.2) is 11.1 Å². The zero-order valence-corrected chi connectivity index (χ0v) is 10.1. The predicted molar refractivity (Wildman–Crippen MR) is 69.8 cm³/mol. The molecular weight excluding hydrogens is 212 g/mol. The van der Waals surface area contributed by atoms with Crippen LogP contribution in [0.2, 0.25) is 0 Å². The number of nitrogens with zero attached hydrogens (tertiary/aromatic N) is 1. The van der Waals surface area contributed by atoms with Crippen molar-refractivity contribution < 1.29 is 4.74 Å². The topological polar surface area (TPSA) is 48.1 Å². The summed E-state index contributed by atoms with van der Waals surface area (Å²) >= 11 is 0. The highest BCUT2D eigenvalue weighted by molar-refractivity contribution is 5.69. The number of nitrogens with two attached hydrogens (primary N) is 1. The van der Waals surface area contributed by atoms with Crippen LogP contribution in [0, 0.1) is 0 Å². The number of ether oxygens (including phenoxy) is 1. The molecule has 0 radical (unpaired) electrons. The molecule has 0 atom stereocenters. The average Bonchev–Trinajstić information content (AvgIpc) is 2.29. The molecule has 0 aliphatic carbocycles. The first kappa shape index (κ1) is 11.5. The maximum atomic E-state index is 5.77. The predicted octanol–water partition coefficient (Wildman–Crippen LogP) is 3.12. The second-order valence-corrected chi connectivity index (χ2v) is 4.14. The Morgan fingerprint density at radius 1 is 1.18 bits per heavy atom. The first-order valence-electron chi connectivity index (χ1n) is 5.64. The summed E-state index contributed by atoms with van der Waals surface area (Å²) in [6.07, 6.45) is 1.84. The van der Waals surface area contributed by atoms with Crippen molar-refractivity contribution in [2.75, 3.05) is 5.73 Å². The number of hydrogen-bond donors (Lipinski definition) is 1. The number of aromatic nitrogens is 1. The molecule has 17 heavy (non-hydrogen) atoms. The van der Waals surface area contributed by atoms with E-state index in [9.17, 15) is 0 Å². The minimum Gasteiger partial charge on any atom is -0.490 e. The summed E-state index contributed by atoms with van der Waals surface area (Å²) in [6.45, 7) is 4.01. The molecule has 0 saturated carbocycles. The van der Waals surface area contributed by atoms with E-state index in [1.807, 2.05) is 44.2 Å². The van der Waals surface area contributed by atoms with Crippen LogP contribution in [0.15, 0.2) is 42.6 Å².